The normalized spacial score (nSPS) is 15.4. The standard InChI is InChI=1S/C24H20N2O4S2.C14H24N2O4S2/c27-25(28)23-19(11-9-17-5-1-3-7-21(17)23)13-15-31-32-16-14-20-12-10-18-6-2-4-8-22(18)24(20)26(29)30;17-15(18)13(9-7-11-3-1-4-11)21-22-14(16(19)20)10-8-12-5-2-6-12/h1-12H,13-16H2;11-14H,1-10H2. The van der Waals surface area contributed by atoms with Crippen molar-refractivity contribution in [1.29, 1.82) is 0 Å². The second kappa shape index (κ2) is 20.9. The lowest BCUT2D eigenvalue weighted by Crippen LogP contribution is -2.21. The number of hydrogen-bond acceptors (Lipinski definition) is 12. The monoisotopic (exact) mass is 812 g/mol. The third-order valence-corrected chi connectivity index (χ3v) is 15.6. The Balaban J connectivity index is 0.000000223. The molecule has 2 unspecified atom stereocenters. The van der Waals surface area contributed by atoms with E-state index in [0.717, 1.165) is 67.8 Å². The number of nitrogens with zero attached hydrogens (tertiary/aromatic N) is 4. The maximum atomic E-state index is 11.6. The molecule has 12 nitrogen and oxygen atoms in total. The van der Waals surface area contributed by atoms with Crippen LogP contribution in [0.25, 0.3) is 21.5 Å². The molecule has 16 heteroatoms. The first-order valence-electron chi connectivity index (χ1n) is 18.3. The van der Waals surface area contributed by atoms with Crippen LogP contribution >= 0.6 is 43.2 Å². The Bertz CT molecular complexity index is 1790. The highest BCUT2D eigenvalue weighted by atomic mass is 33.1. The summed E-state index contributed by atoms with van der Waals surface area (Å²) in [6, 6.07) is 22.2. The molecule has 288 valence electrons. The van der Waals surface area contributed by atoms with Gasteiger partial charge in [-0.2, -0.15) is 0 Å². The van der Waals surface area contributed by atoms with Crippen LogP contribution in [0, 0.1) is 52.3 Å². The van der Waals surface area contributed by atoms with Crippen molar-refractivity contribution in [1.82, 2.24) is 0 Å². The number of aryl methyl sites for hydroxylation is 2. The highest BCUT2D eigenvalue weighted by molar-refractivity contribution is 8.77. The number of hydrogen-bond donors (Lipinski definition) is 0. The second-order valence-electron chi connectivity index (χ2n) is 13.7. The number of nitro groups is 4. The Hall–Kier alpha value is -3.60. The fourth-order valence-corrected chi connectivity index (χ4v) is 11.4. The molecule has 0 bridgehead atoms. The summed E-state index contributed by atoms with van der Waals surface area (Å²) >= 11 is 0. The Morgan fingerprint density at radius 1 is 0.556 bits per heavy atom. The van der Waals surface area contributed by atoms with Crippen LogP contribution < -0.4 is 0 Å². The van der Waals surface area contributed by atoms with Gasteiger partial charge in [0.1, 0.15) is 0 Å². The molecule has 6 rings (SSSR count). The highest BCUT2D eigenvalue weighted by Gasteiger charge is 2.31. The predicted octanol–water partition coefficient (Wildman–Crippen LogP) is 11.7. The van der Waals surface area contributed by atoms with Gasteiger partial charge in [0.25, 0.3) is 22.1 Å². The van der Waals surface area contributed by atoms with E-state index >= 15 is 0 Å². The molecular formula is C38H44N4O8S4. The number of benzene rings is 4. The molecule has 0 amide bonds. The molecule has 54 heavy (non-hydrogen) atoms. The van der Waals surface area contributed by atoms with Gasteiger partial charge in [0, 0.05) is 45.3 Å². The van der Waals surface area contributed by atoms with E-state index in [9.17, 15) is 40.5 Å². The third-order valence-electron chi connectivity index (χ3n) is 10.2. The van der Waals surface area contributed by atoms with Gasteiger partial charge in [-0.05, 0) is 82.0 Å². The van der Waals surface area contributed by atoms with Crippen molar-refractivity contribution in [2.75, 3.05) is 11.5 Å². The largest absolute Gasteiger partial charge is 0.280 e. The summed E-state index contributed by atoms with van der Waals surface area (Å²) < 4.78 is 0. The van der Waals surface area contributed by atoms with Crippen LogP contribution in [0.3, 0.4) is 0 Å². The first kappa shape index (κ1) is 41.6. The van der Waals surface area contributed by atoms with E-state index in [1.807, 2.05) is 60.7 Å². The number of nitro benzene ring substituents is 2. The smallest absolute Gasteiger partial charge is 0.263 e. The average Bonchev–Trinajstić information content (AvgIpc) is 3.11. The van der Waals surface area contributed by atoms with Crippen molar-refractivity contribution in [3.8, 4) is 0 Å². The second-order valence-corrected chi connectivity index (χ2v) is 19.0. The Kier molecular flexibility index (Phi) is 16.1. The van der Waals surface area contributed by atoms with Gasteiger partial charge < -0.3 is 0 Å². The molecule has 2 atom stereocenters. The minimum absolute atomic E-state index is 0.181. The molecule has 0 aromatic heterocycles. The molecule has 4 aromatic carbocycles. The van der Waals surface area contributed by atoms with Crippen LogP contribution in [-0.2, 0) is 12.8 Å². The molecule has 2 fully saturated rings. The third kappa shape index (κ3) is 11.7. The SMILES string of the molecule is O=[N+]([O-])C(CCC1CCC1)SSC(CCC1CCC1)[N+](=O)[O-].O=[N+]([O-])c1c(CCSSCCc2ccc3ccccc3c2[N+](=O)[O-])ccc2ccccc12. The lowest BCUT2D eigenvalue weighted by molar-refractivity contribution is -0.497. The van der Waals surface area contributed by atoms with Crippen molar-refractivity contribution in [3.63, 3.8) is 0 Å². The van der Waals surface area contributed by atoms with Crippen LogP contribution in [0.4, 0.5) is 11.4 Å². The molecule has 2 aliphatic carbocycles. The molecule has 0 N–H and O–H groups in total. The minimum atomic E-state index is -0.711. The van der Waals surface area contributed by atoms with Gasteiger partial charge in [-0.1, -0.05) is 121 Å². The first-order valence-corrected chi connectivity index (χ1v) is 23.0. The van der Waals surface area contributed by atoms with E-state index in [2.05, 4.69) is 0 Å². The molecule has 0 saturated heterocycles. The van der Waals surface area contributed by atoms with Crippen LogP contribution in [-0.4, -0.2) is 41.9 Å². The highest BCUT2D eigenvalue weighted by Crippen LogP contribution is 2.40. The van der Waals surface area contributed by atoms with Gasteiger partial charge in [-0.3, -0.25) is 40.5 Å². The maximum absolute atomic E-state index is 11.6. The van der Waals surface area contributed by atoms with E-state index in [1.54, 1.807) is 33.7 Å². The summed E-state index contributed by atoms with van der Waals surface area (Å²) in [6.45, 7) is 0. The quantitative estimate of drug-likeness (QED) is 0.0272. The Morgan fingerprint density at radius 2 is 0.944 bits per heavy atom. The van der Waals surface area contributed by atoms with Gasteiger partial charge in [-0.25, -0.2) is 0 Å². The van der Waals surface area contributed by atoms with Crippen molar-refractivity contribution in [2.45, 2.75) is 87.8 Å². The zero-order valence-electron chi connectivity index (χ0n) is 29.8. The summed E-state index contributed by atoms with van der Waals surface area (Å²) in [7, 11) is 5.46. The Morgan fingerprint density at radius 3 is 1.28 bits per heavy atom. The van der Waals surface area contributed by atoms with Crippen molar-refractivity contribution in [3.05, 3.63) is 124 Å². The van der Waals surface area contributed by atoms with E-state index in [0.29, 0.717) is 48.3 Å². The van der Waals surface area contributed by atoms with Gasteiger partial charge in [0.05, 0.1) is 20.6 Å². The molecular weight excluding hydrogens is 769 g/mol. The van der Waals surface area contributed by atoms with Crippen LogP contribution in [0.5, 0.6) is 0 Å². The van der Waals surface area contributed by atoms with Crippen LogP contribution in [0.15, 0.2) is 72.8 Å². The molecule has 0 aliphatic heterocycles. The maximum Gasteiger partial charge on any atom is 0.280 e. The molecule has 0 spiro atoms. The molecule has 2 saturated carbocycles. The van der Waals surface area contributed by atoms with Crippen LogP contribution in [0.1, 0.15) is 75.3 Å². The minimum Gasteiger partial charge on any atom is -0.263 e. The van der Waals surface area contributed by atoms with Crippen molar-refractivity contribution >= 4 is 76.1 Å². The fraction of sp³-hybridized carbons (Fsp3) is 0.474. The van der Waals surface area contributed by atoms with Crippen molar-refractivity contribution in [2.24, 2.45) is 11.8 Å². The predicted molar refractivity (Wildman–Crippen MR) is 223 cm³/mol. The molecule has 0 radical (unpaired) electrons. The van der Waals surface area contributed by atoms with Crippen LogP contribution in [0.2, 0.25) is 0 Å². The molecule has 0 heterocycles. The lowest BCUT2D eigenvalue weighted by Gasteiger charge is -2.26. The van der Waals surface area contributed by atoms with Gasteiger partial charge in [-0.15, -0.1) is 0 Å². The van der Waals surface area contributed by atoms with Crippen molar-refractivity contribution < 1.29 is 19.7 Å². The Labute approximate surface area is 329 Å². The van der Waals surface area contributed by atoms with Gasteiger partial charge in [0.2, 0.25) is 0 Å². The number of fused-ring (bicyclic) bond motifs is 2. The van der Waals surface area contributed by atoms with E-state index in [-0.39, 0.29) is 31.1 Å². The zero-order valence-corrected chi connectivity index (χ0v) is 33.1. The van der Waals surface area contributed by atoms with Gasteiger partial charge >= 0.3 is 0 Å². The summed E-state index contributed by atoms with van der Waals surface area (Å²) in [5, 5.41) is 47.2. The summed E-state index contributed by atoms with van der Waals surface area (Å²) in [6.07, 6.45) is 11.2. The van der Waals surface area contributed by atoms with E-state index < -0.39 is 10.7 Å². The zero-order chi connectivity index (χ0) is 38.5. The summed E-state index contributed by atoms with van der Waals surface area (Å²) in [4.78, 5) is 44.4. The van der Waals surface area contributed by atoms with E-state index in [4.69, 9.17) is 0 Å². The summed E-state index contributed by atoms with van der Waals surface area (Å²) in [5.41, 5.74) is 1.82. The van der Waals surface area contributed by atoms with E-state index in [1.165, 1.54) is 38.5 Å². The van der Waals surface area contributed by atoms with Gasteiger partial charge in [0.15, 0.2) is 0 Å². The topological polar surface area (TPSA) is 173 Å². The molecule has 2 aliphatic rings. The number of rotatable bonds is 20. The first-order chi connectivity index (χ1) is 26.1. The lowest BCUT2D eigenvalue weighted by atomic mass is 9.82. The molecule has 4 aromatic rings. The average molecular weight is 813 g/mol. The fourth-order valence-electron chi connectivity index (χ4n) is 6.68. The summed E-state index contributed by atoms with van der Waals surface area (Å²) in [5.74, 6) is 2.73.